The molecule has 0 saturated heterocycles. The molecule has 0 heterocycles. The summed E-state index contributed by atoms with van der Waals surface area (Å²) in [6.07, 6.45) is 90.9. The van der Waals surface area contributed by atoms with Crippen molar-refractivity contribution in [1.82, 2.24) is 0 Å². The Kier molecular flexibility index (Phi) is 63.3. The van der Waals surface area contributed by atoms with Crippen LogP contribution in [0.25, 0.3) is 0 Å². The van der Waals surface area contributed by atoms with E-state index in [1.165, 1.54) is 135 Å². The van der Waals surface area contributed by atoms with Gasteiger partial charge in [0.2, 0.25) is 0 Å². The molecule has 0 aromatic carbocycles. The summed E-state index contributed by atoms with van der Waals surface area (Å²) in [6, 6.07) is 0. The third kappa shape index (κ3) is 64.8. The average molecular weight is 1100 g/mol. The van der Waals surface area contributed by atoms with Crippen molar-refractivity contribution in [1.29, 1.82) is 0 Å². The van der Waals surface area contributed by atoms with E-state index in [1.54, 1.807) is 0 Å². The number of esters is 3. The van der Waals surface area contributed by atoms with Crippen LogP contribution in [0.3, 0.4) is 0 Å². The number of hydrogen-bond donors (Lipinski definition) is 0. The number of carbonyl (C=O) groups excluding carboxylic acids is 3. The Hall–Kier alpha value is -3.93. The summed E-state index contributed by atoms with van der Waals surface area (Å²) in [5.74, 6) is -0.901. The van der Waals surface area contributed by atoms with Gasteiger partial charge in [-0.25, -0.2) is 0 Å². The van der Waals surface area contributed by atoms with Gasteiger partial charge in [-0.05, 0) is 103 Å². The summed E-state index contributed by atoms with van der Waals surface area (Å²) in [6.45, 7) is 6.43. The number of ether oxygens (including phenoxy) is 3. The van der Waals surface area contributed by atoms with Gasteiger partial charge in [0.25, 0.3) is 0 Å². The lowest BCUT2D eigenvalue weighted by Gasteiger charge is -2.18. The Morgan fingerprint density at radius 3 is 0.772 bits per heavy atom. The minimum atomic E-state index is -0.793. The second kappa shape index (κ2) is 66.6. The second-order valence-corrected chi connectivity index (χ2v) is 22.0. The Bertz CT molecular complexity index is 1590. The lowest BCUT2D eigenvalue weighted by atomic mass is 10.0. The molecule has 0 bridgehead atoms. The highest BCUT2D eigenvalue weighted by atomic mass is 16.6. The van der Waals surface area contributed by atoms with E-state index in [0.29, 0.717) is 19.3 Å². The van der Waals surface area contributed by atoms with E-state index in [-0.39, 0.29) is 31.1 Å². The molecule has 0 fully saturated rings. The Morgan fingerprint density at radius 2 is 0.494 bits per heavy atom. The minimum absolute atomic E-state index is 0.0862. The summed E-state index contributed by atoms with van der Waals surface area (Å²) in [7, 11) is 0. The normalized spacial score (nSPS) is 12.8. The van der Waals surface area contributed by atoms with Gasteiger partial charge in [0.05, 0.1) is 0 Å². The monoisotopic (exact) mass is 1100 g/mol. The van der Waals surface area contributed by atoms with E-state index < -0.39 is 6.10 Å². The van der Waals surface area contributed by atoms with Crippen LogP contribution in [0.5, 0.6) is 0 Å². The van der Waals surface area contributed by atoms with E-state index in [2.05, 4.69) is 130 Å². The summed E-state index contributed by atoms with van der Waals surface area (Å²) < 4.78 is 17.0. The van der Waals surface area contributed by atoms with Crippen molar-refractivity contribution in [3.05, 3.63) is 109 Å². The SMILES string of the molecule is CC/C=C\C/C=C\C/C=C\C/C=C\C/C=C\CCCCCCCC(=O)OCC(COC(=O)CCCCCCCCCCCCCCCCCCCCC)OC(=O)CCCCCCCCCC/C=C\C/C=C\C/C=C\C/C=C\CC. The molecule has 0 N–H and O–H groups in total. The standard InChI is InChI=1S/C73H124O6/c1-4-7-10-13-16-19-22-25-28-31-34-36-39-42-45-48-51-54-57-60-63-66-72(75)78-69-70(68-77-71(74)65-62-59-56-53-50-47-44-41-38-33-30-27-24-21-18-15-12-9-6-3)79-73(76)67-64-61-58-55-52-49-46-43-40-37-35-32-29-26-23-20-17-14-11-8-5-2/h7-8,10-11,16-17,19-20,25-26,28-29,34-37,42,45,70H,4-6,9,12-15,18,21-24,27,30-33,38-41,43-44,46-69H2,1-3H3/b10-7-,11-8-,19-16-,20-17-,28-25-,29-26-,36-34-,37-35-,45-42-. The first-order valence-corrected chi connectivity index (χ1v) is 33.4. The average Bonchev–Trinajstić information content (AvgIpc) is 3.45. The van der Waals surface area contributed by atoms with E-state index in [4.69, 9.17) is 14.2 Å². The first-order valence-electron chi connectivity index (χ1n) is 33.4. The van der Waals surface area contributed by atoms with Crippen LogP contribution < -0.4 is 0 Å². The molecule has 0 rings (SSSR count). The zero-order valence-corrected chi connectivity index (χ0v) is 51.9. The molecule has 6 nitrogen and oxygen atoms in total. The highest BCUT2D eigenvalue weighted by molar-refractivity contribution is 5.71. The molecular formula is C73H124O6. The van der Waals surface area contributed by atoms with Gasteiger partial charge in [0, 0.05) is 19.3 Å². The Labute approximate surface area is 489 Å². The van der Waals surface area contributed by atoms with Crippen molar-refractivity contribution in [2.24, 2.45) is 0 Å². The third-order valence-electron chi connectivity index (χ3n) is 14.3. The van der Waals surface area contributed by atoms with Crippen LogP contribution in [-0.4, -0.2) is 37.2 Å². The van der Waals surface area contributed by atoms with Crippen molar-refractivity contribution in [3.63, 3.8) is 0 Å². The number of carbonyl (C=O) groups is 3. The van der Waals surface area contributed by atoms with Crippen molar-refractivity contribution < 1.29 is 28.6 Å². The molecule has 0 aliphatic heterocycles. The van der Waals surface area contributed by atoms with Crippen molar-refractivity contribution in [2.45, 2.75) is 322 Å². The number of unbranched alkanes of at least 4 members (excludes halogenated alkanes) is 31. The summed E-state index contributed by atoms with van der Waals surface area (Å²) in [4.78, 5) is 38.4. The molecule has 452 valence electrons. The zero-order valence-electron chi connectivity index (χ0n) is 51.9. The molecule has 0 aliphatic rings. The zero-order chi connectivity index (χ0) is 57.1. The summed E-state index contributed by atoms with van der Waals surface area (Å²) >= 11 is 0. The van der Waals surface area contributed by atoms with E-state index in [1.807, 2.05) is 0 Å². The van der Waals surface area contributed by atoms with Crippen LogP contribution in [-0.2, 0) is 28.6 Å². The molecule has 1 atom stereocenters. The molecular weight excluding hydrogens is 973 g/mol. The Balaban J connectivity index is 4.43. The fourth-order valence-electron chi connectivity index (χ4n) is 9.35. The van der Waals surface area contributed by atoms with Gasteiger partial charge in [0.1, 0.15) is 13.2 Å². The van der Waals surface area contributed by atoms with Crippen molar-refractivity contribution >= 4 is 17.9 Å². The van der Waals surface area contributed by atoms with E-state index in [0.717, 1.165) is 141 Å². The molecule has 0 spiro atoms. The van der Waals surface area contributed by atoms with Crippen molar-refractivity contribution in [3.8, 4) is 0 Å². The van der Waals surface area contributed by atoms with Crippen LogP contribution in [0.2, 0.25) is 0 Å². The van der Waals surface area contributed by atoms with E-state index >= 15 is 0 Å². The Morgan fingerprint density at radius 1 is 0.266 bits per heavy atom. The molecule has 79 heavy (non-hydrogen) atoms. The lowest BCUT2D eigenvalue weighted by Crippen LogP contribution is -2.30. The maximum absolute atomic E-state index is 12.9. The van der Waals surface area contributed by atoms with Crippen LogP contribution in [0, 0.1) is 0 Å². The predicted molar refractivity (Wildman–Crippen MR) is 343 cm³/mol. The largest absolute Gasteiger partial charge is 0.462 e. The fourth-order valence-corrected chi connectivity index (χ4v) is 9.35. The number of hydrogen-bond acceptors (Lipinski definition) is 6. The molecule has 0 aliphatic carbocycles. The van der Waals surface area contributed by atoms with Crippen LogP contribution in [0.15, 0.2) is 109 Å². The first-order chi connectivity index (χ1) is 39.0. The quantitative estimate of drug-likeness (QED) is 0.0261. The maximum atomic E-state index is 12.9. The van der Waals surface area contributed by atoms with Gasteiger partial charge in [-0.3, -0.25) is 14.4 Å². The number of allylic oxidation sites excluding steroid dienone is 18. The second-order valence-electron chi connectivity index (χ2n) is 22.0. The highest BCUT2D eigenvalue weighted by Gasteiger charge is 2.19. The molecule has 0 amide bonds. The smallest absolute Gasteiger partial charge is 0.306 e. The number of rotatable bonds is 60. The lowest BCUT2D eigenvalue weighted by molar-refractivity contribution is -0.167. The molecule has 0 aromatic rings. The summed E-state index contributed by atoms with van der Waals surface area (Å²) in [5, 5.41) is 0. The van der Waals surface area contributed by atoms with E-state index in [9.17, 15) is 14.4 Å². The van der Waals surface area contributed by atoms with Crippen LogP contribution >= 0.6 is 0 Å². The van der Waals surface area contributed by atoms with Gasteiger partial charge in [0.15, 0.2) is 6.10 Å². The minimum Gasteiger partial charge on any atom is -0.462 e. The third-order valence-corrected chi connectivity index (χ3v) is 14.3. The van der Waals surface area contributed by atoms with Gasteiger partial charge < -0.3 is 14.2 Å². The molecule has 6 heteroatoms. The van der Waals surface area contributed by atoms with Gasteiger partial charge in [-0.2, -0.15) is 0 Å². The van der Waals surface area contributed by atoms with Crippen molar-refractivity contribution in [2.75, 3.05) is 13.2 Å². The first kappa shape index (κ1) is 75.1. The molecule has 0 aromatic heterocycles. The fraction of sp³-hybridized carbons (Fsp3) is 0.712. The molecule has 0 radical (unpaired) electrons. The predicted octanol–water partition coefficient (Wildman–Crippen LogP) is 23.0. The van der Waals surface area contributed by atoms with Crippen LogP contribution in [0.1, 0.15) is 316 Å². The summed E-state index contributed by atoms with van der Waals surface area (Å²) in [5.41, 5.74) is 0. The van der Waals surface area contributed by atoms with Crippen LogP contribution in [0.4, 0.5) is 0 Å². The highest BCUT2D eigenvalue weighted by Crippen LogP contribution is 2.17. The molecule has 1 unspecified atom stereocenters. The van der Waals surface area contributed by atoms with Gasteiger partial charge in [-0.1, -0.05) is 304 Å². The molecule has 0 saturated carbocycles. The maximum Gasteiger partial charge on any atom is 0.306 e. The van der Waals surface area contributed by atoms with Gasteiger partial charge >= 0.3 is 17.9 Å². The topological polar surface area (TPSA) is 78.9 Å². The van der Waals surface area contributed by atoms with Gasteiger partial charge in [-0.15, -0.1) is 0 Å².